The van der Waals surface area contributed by atoms with E-state index in [-0.39, 0.29) is 19.2 Å². The highest BCUT2D eigenvalue weighted by Crippen LogP contribution is 2.10. The molecule has 0 radical (unpaired) electrons. The van der Waals surface area contributed by atoms with Crippen LogP contribution in [0.2, 0.25) is 0 Å². The van der Waals surface area contributed by atoms with Crippen molar-refractivity contribution in [1.29, 1.82) is 0 Å². The Kier molecular flexibility index (Phi) is 16.4. The molecule has 4 heteroatoms. The second-order valence-corrected chi connectivity index (χ2v) is 5.87. The number of ether oxygens (including phenoxy) is 1. The SMILES string of the molecule is C=CCCC/C=C\CCCCCCCCC(=O)OCC(O)CO. The molecule has 0 aliphatic carbocycles. The summed E-state index contributed by atoms with van der Waals surface area (Å²) in [7, 11) is 0. The highest BCUT2D eigenvalue weighted by molar-refractivity contribution is 5.69. The van der Waals surface area contributed by atoms with Crippen LogP contribution in [0.15, 0.2) is 24.8 Å². The zero-order valence-electron chi connectivity index (χ0n) is 14.4. The van der Waals surface area contributed by atoms with Crippen molar-refractivity contribution in [1.82, 2.24) is 0 Å². The zero-order chi connectivity index (χ0) is 17.2. The lowest BCUT2D eigenvalue weighted by Gasteiger charge is -2.08. The van der Waals surface area contributed by atoms with Crippen LogP contribution < -0.4 is 0 Å². The van der Waals surface area contributed by atoms with Gasteiger partial charge in [0.2, 0.25) is 0 Å². The number of hydrogen-bond donors (Lipinski definition) is 2. The summed E-state index contributed by atoms with van der Waals surface area (Å²) in [5.74, 6) is -0.293. The van der Waals surface area contributed by atoms with E-state index < -0.39 is 6.10 Å². The second-order valence-electron chi connectivity index (χ2n) is 5.87. The molecule has 0 aliphatic heterocycles. The zero-order valence-corrected chi connectivity index (χ0v) is 14.4. The Balaban J connectivity index is 3.24. The van der Waals surface area contributed by atoms with Gasteiger partial charge in [0.1, 0.15) is 12.7 Å². The maximum absolute atomic E-state index is 11.3. The largest absolute Gasteiger partial charge is 0.463 e. The topological polar surface area (TPSA) is 66.8 Å². The van der Waals surface area contributed by atoms with E-state index >= 15 is 0 Å². The molecule has 4 nitrogen and oxygen atoms in total. The maximum Gasteiger partial charge on any atom is 0.305 e. The minimum atomic E-state index is -0.963. The Labute approximate surface area is 141 Å². The average molecular weight is 326 g/mol. The fourth-order valence-corrected chi connectivity index (χ4v) is 2.17. The van der Waals surface area contributed by atoms with Crippen molar-refractivity contribution in [2.75, 3.05) is 13.2 Å². The number of hydrogen-bond acceptors (Lipinski definition) is 4. The predicted molar refractivity (Wildman–Crippen MR) is 94.2 cm³/mol. The Bertz CT molecular complexity index is 312. The Morgan fingerprint density at radius 3 is 2.22 bits per heavy atom. The van der Waals surface area contributed by atoms with Crippen molar-refractivity contribution in [3.63, 3.8) is 0 Å². The molecule has 23 heavy (non-hydrogen) atoms. The molecule has 0 fully saturated rings. The van der Waals surface area contributed by atoms with Gasteiger partial charge in [0, 0.05) is 6.42 Å². The molecule has 0 saturated carbocycles. The van der Waals surface area contributed by atoms with Crippen LogP contribution in [0.5, 0.6) is 0 Å². The lowest BCUT2D eigenvalue weighted by Crippen LogP contribution is -2.21. The first-order chi connectivity index (χ1) is 11.2. The van der Waals surface area contributed by atoms with Gasteiger partial charge in [-0.05, 0) is 38.5 Å². The van der Waals surface area contributed by atoms with Gasteiger partial charge in [0.15, 0.2) is 0 Å². The molecule has 1 atom stereocenters. The van der Waals surface area contributed by atoms with Gasteiger partial charge in [-0.15, -0.1) is 6.58 Å². The van der Waals surface area contributed by atoms with Gasteiger partial charge in [-0.1, -0.05) is 43.9 Å². The smallest absolute Gasteiger partial charge is 0.305 e. The van der Waals surface area contributed by atoms with E-state index in [4.69, 9.17) is 14.9 Å². The molecule has 2 N–H and O–H groups in total. The van der Waals surface area contributed by atoms with Crippen LogP contribution in [0.1, 0.15) is 70.6 Å². The third-order valence-corrected chi connectivity index (χ3v) is 3.59. The number of allylic oxidation sites excluding steroid dienone is 3. The lowest BCUT2D eigenvalue weighted by molar-refractivity contribution is -0.147. The molecule has 0 aromatic heterocycles. The molecular formula is C19H34O4. The third-order valence-electron chi connectivity index (χ3n) is 3.59. The standard InChI is InChI=1S/C19H34O4/c1-2-3-4-5-6-7-8-9-10-11-12-13-14-15-19(22)23-17-18(21)16-20/h2,6-7,18,20-21H,1,3-5,8-17H2/b7-6-. The lowest BCUT2D eigenvalue weighted by atomic mass is 10.1. The van der Waals surface area contributed by atoms with Gasteiger partial charge >= 0.3 is 5.97 Å². The monoisotopic (exact) mass is 326 g/mol. The minimum Gasteiger partial charge on any atom is -0.463 e. The van der Waals surface area contributed by atoms with Crippen LogP contribution in [-0.4, -0.2) is 35.5 Å². The fraction of sp³-hybridized carbons (Fsp3) is 0.737. The molecule has 0 spiro atoms. The fourth-order valence-electron chi connectivity index (χ4n) is 2.17. The molecule has 0 heterocycles. The summed E-state index contributed by atoms with van der Waals surface area (Å²) in [6, 6.07) is 0. The first-order valence-electron chi connectivity index (χ1n) is 8.91. The molecule has 0 saturated heterocycles. The van der Waals surface area contributed by atoms with Crippen LogP contribution in [-0.2, 0) is 9.53 Å². The van der Waals surface area contributed by atoms with Crippen LogP contribution in [0.4, 0.5) is 0 Å². The highest BCUT2D eigenvalue weighted by Gasteiger charge is 2.07. The van der Waals surface area contributed by atoms with Gasteiger partial charge in [-0.3, -0.25) is 4.79 Å². The molecular weight excluding hydrogens is 292 g/mol. The van der Waals surface area contributed by atoms with Crippen molar-refractivity contribution in [2.24, 2.45) is 0 Å². The van der Waals surface area contributed by atoms with Gasteiger partial charge in [0.05, 0.1) is 6.61 Å². The van der Waals surface area contributed by atoms with Crippen molar-refractivity contribution in [2.45, 2.75) is 76.7 Å². The summed E-state index contributed by atoms with van der Waals surface area (Å²) in [5, 5.41) is 17.7. The van der Waals surface area contributed by atoms with Crippen LogP contribution in [0.3, 0.4) is 0 Å². The Hall–Kier alpha value is -1.13. The summed E-state index contributed by atoms with van der Waals surface area (Å²) >= 11 is 0. The van der Waals surface area contributed by atoms with E-state index in [0.29, 0.717) is 6.42 Å². The van der Waals surface area contributed by atoms with Crippen LogP contribution in [0, 0.1) is 0 Å². The minimum absolute atomic E-state index is 0.115. The molecule has 0 rings (SSSR count). The van der Waals surface area contributed by atoms with Gasteiger partial charge < -0.3 is 14.9 Å². The van der Waals surface area contributed by atoms with Gasteiger partial charge in [-0.25, -0.2) is 0 Å². The van der Waals surface area contributed by atoms with Crippen LogP contribution >= 0.6 is 0 Å². The number of rotatable bonds is 16. The van der Waals surface area contributed by atoms with Crippen molar-refractivity contribution in [3.05, 3.63) is 24.8 Å². The molecule has 0 amide bonds. The van der Waals surface area contributed by atoms with Gasteiger partial charge in [0.25, 0.3) is 0 Å². The average Bonchev–Trinajstić information content (AvgIpc) is 2.56. The summed E-state index contributed by atoms with van der Waals surface area (Å²) < 4.78 is 4.84. The summed E-state index contributed by atoms with van der Waals surface area (Å²) in [4.78, 5) is 11.3. The molecule has 0 aliphatic rings. The second kappa shape index (κ2) is 17.2. The molecule has 134 valence electrons. The van der Waals surface area contributed by atoms with E-state index in [0.717, 1.165) is 38.5 Å². The Morgan fingerprint density at radius 2 is 1.57 bits per heavy atom. The van der Waals surface area contributed by atoms with Crippen molar-refractivity contribution < 1.29 is 19.7 Å². The van der Waals surface area contributed by atoms with E-state index in [1.165, 1.54) is 25.7 Å². The van der Waals surface area contributed by atoms with Crippen LogP contribution in [0.25, 0.3) is 0 Å². The molecule has 0 bridgehead atoms. The normalized spacial score (nSPS) is 12.4. The summed E-state index contributed by atoms with van der Waals surface area (Å²) in [6.07, 6.45) is 17.2. The molecule has 1 unspecified atom stereocenters. The molecule has 0 aromatic rings. The number of esters is 1. The summed E-state index contributed by atoms with van der Waals surface area (Å²) in [5.41, 5.74) is 0. The van der Waals surface area contributed by atoms with Crippen molar-refractivity contribution >= 4 is 5.97 Å². The molecule has 0 aromatic carbocycles. The number of carbonyl (C=O) groups excluding carboxylic acids is 1. The highest BCUT2D eigenvalue weighted by atomic mass is 16.5. The third kappa shape index (κ3) is 17.1. The first-order valence-corrected chi connectivity index (χ1v) is 8.91. The Morgan fingerprint density at radius 1 is 0.957 bits per heavy atom. The quantitative estimate of drug-likeness (QED) is 0.256. The van der Waals surface area contributed by atoms with E-state index in [1.807, 2.05) is 6.08 Å². The predicted octanol–water partition coefficient (Wildman–Crippen LogP) is 3.92. The number of aliphatic hydroxyl groups excluding tert-OH is 2. The number of aliphatic hydroxyl groups is 2. The number of carbonyl (C=O) groups is 1. The van der Waals surface area contributed by atoms with E-state index in [1.54, 1.807) is 0 Å². The van der Waals surface area contributed by atoms with E-state index in [9.17, 15) is 4.79 Å². The first kappa shape index (κ1) is 21.9. The number of unbranched alkanes of at least 4 members (excludes halogenated alkanes) is 8. The van der Waals surface area contributed by atoms with E-state index in [2.05, 4.69) is 18.7 Å². The summed E-state index contributed by atoms with van der Waals surface area (Å²) in [6.45, 7) is 3.22. The maximum atomic E-state index is 11.3. The van der Waals surface area contributed by atoms with Crippen molar-refractivity contribution in [3.8, 4) is 0 Å². The van der Waals surface area contributed by atoms with Gasteiger partial charge in [-0.2, -0.15) is 0 Å².